The van der Waals surface area contributed by atoms with Crippen LogP contribution in [0.5, 0.6) is 0 Å². The monoisotopic (exact) mass is 227 g/mol. The molecule has 0 amide bonds. The van der Waals surface area contributed by atoms with Gasteiger partial charge >= 0.3 is 0 Å². The summed E-state index contributed by atoms with van der Waals surface area (Å²) in [5.74, 6) is 0. The standard InChI is InChI=1S/C13H25NO2/c1-3-14-9-13(10-14)16-12-7-5-11(6-8-12)15-4-2/h11-13H,3-10H2,1-2H3. The fourth-order valence-corrected chi connectivity index (χ4v) is 2.71. The number of likely N-dealkylation sites (tertiary alicyclic amines) is 1. The van der Waals surface area contributed by atoms with Crippen molar-refractivity contribution in [3.8, 4) is 0 Å². The highest BCUT2D eigenvalue weighted by Crippen LogP contribution is 2.26. The molecule has 94 valence electrons. The molecular formula is C13H25NO2. The Balaban J connectivity index is 1.59. The number of hydrogen-bond donors (Lipinski definition) is 0. The summed E-state index contributed by atoms with van der Waals surface area (Å²) in [5, 5.41) is 0. The quantitative estimate of drug-likeness (QED) is 0.717. The van der Waals surface area contributed by atoms with Crippen LogP contribution >= 0.6 is 0 Å². The lowest BCUT2D eigenvalue weighted by molar-refractivity contribution is -0.112. The Morgan fingerprint density at radius 1 is 0.938 bits per heavy atom. The SMILES string of the molecule is CCOC1CCC(OC2CN(CC)C2)CC1. The second-order valence-corrected chi connectivity index (χ2v) is 4.96. The molecule has 0 aromatic rings. The second-order valence-electron chi connectivity index (χ2n) is 4.96. The van der Waals surface area contributed by atoms with Crippen LogP contribution in [0.2, 0.25) is 0 Å². The van der Waals surface area contributed by atoms with Crippen molar-refractivity contribution in [3.63, 3.8) is 0 Å². The van der Waals surface area contributed by atoms with Crippen molar-refractivity contribution in [3.05, 3.63) is 0 Å². The maximum absolute atomic E-state index is 6.09. The Labute approximate surface area is 99.1 Å². The molecule has 0 radical (unpaired) electrons. The van der Waals surface area contributed by atoms with Crippen molar-refractivity contribution in [1.82, 2.24) is 4.90 Å². The van der Waals surface area contributed by atoms with Gasteiger partial charge in [-0.05, 0) is 39.2 Å². The van der Waals surface area contributed by atoms with Gasteiger partial charge in [-0.15, -0.1) is 0 Å². The summed E-state index contributed by atoms with van der Waals surface area (Å²) in [5.41, 5.74) is 0. The Bertz CT molecular complexity index is 196. The smallest absolute Gasteiger partial charge is 0.0832 e. The van der Waals surface area contributed by atoms with Crippen LogP contribution in [0.1, 0.15) is 39.5 Å². The van der Waals surface area contributed by atoms with Crippen LogP contribution in [0, 0.1) is 0 Å². The van der Waals surface area contributed by atoms with Crippen LogP contribution in [0.4, 0.5) is 0 Å². The largest absolute Gasteiger partial charge is 0.379 e. The summed E-state index contributed by atoms with van der Waals surface area (Å²) in [4.78, 5) is 2.43. The lowest BCUT2D eigenvalue weighted by atomic mass is 9.94. The van der Waals surface area contributed by atoms with Gasteiger partial charge in [0.1, 0.15) is 0 Å². The molecule has 0 unspecified atom stereocenters. The first-order valence-electron chi connectivity index (χ1n) is 6.81. The lowest BCUT2D eigenvalue weighted by Gasteiger charge is -2.41. The first kappa shape index (κ1) is 12.3. The third-order valence-corrected chi connectivity index (χ3v) is 3.78. The fraction of sp³-hybridized carbons (Fsp3) is 1.00. The van der Waals surface area contributed by atoms with Gasteiger partial charge in [0, 0.05) is 19.7 Å². The number of rotatable bonds is 5. The molecule has 2 aliphatic rings. The number of likely N-dealkylation sites (N-methyl/N-ethyl adjacent to an activating group) is 1. The zero-order valence-corrected chi connectivity index (χ0v) is 10.7. The Kier molecular flexibility index (Phi) is 4.62. The van der Waals surface area contributed by atoms with Crippen LogP contribution < -0.4 is 0 Å². The van der Waals surface area contributed by atoms with Crippen LogP contribution in [-0.2, 0) is 9.47 Å². The van der Waals surface area contributed by atoms with Crippen molar-refractivity contribution < 1.29 is 9.47 Å². The van der Waals surface area contributed by atoms with Gasteiger partial charge in [-0.1, -0.05) is 6.92 Å². The Morgan fingerprint density at radius 2 is 1.56 bits per heavy atom. The predicted molar refractivity (Wildman–Crippen MR) is 64.7 cm³/mol. The number of nitrogens with zero attached hydrogens (tertiary/aromatic N) is 1. The van der Waals surface area contributed by atoms with E-state index in [-0.39, 0.29) is 0 Å². The van der Waals surface area contributed by atoms with Gasteiger partial charge in [-0.3, -0.25) is 4.90 Å². The normalized spacial score (nSPS) is 32.6. The van der Waals surface area contributed by atoms with E-state index < -0.39 is 0 Å². The van der Waals surface area contributed by atoms with E-state index in [1.54, 1.807) is 0 Å². The molecule has 2 fully saturated rings. The maximum Gasteiger partial charge on any atom is 0.0832 e. The summed E-state index contributed by atoms with van der Waals surface area (Å²) < 4.78 is 11.7. The molecule has 0 atom stereocenters. The molecule has 1 saturated heterocycles. The van der Waals surface area contributed by atoms with Gasteiger partial charge in [0.05, 0.1) is 18.3 Å². The summed E-state index contributed by atoms with van der Waals surface area (Å²) in [6, 6.07) is 0. The zero-order chi connectivity index (χ0) is 11.4. The molecule has 0 spiro atoms. The van der Waals surface area contributed by atoms with Crippen molar-refractivity contribution in [2.75, 3.05) is 26.2 Å². The summed E-state index contributed by atoms with van der Waals surface area (Å²) >= 11 is 0. The van der Waals surface area contributed by atoms with E-state index in [0.29, 0.717) is 18.3 Å². The van der Waals surface area contributed by atoms with Gasteiger partial charge < -0.3 is 9.47 Å². The van der Waals surface area contributed by atoms with E-state index in [2.05, 4.69) is 18.7 Å². The summed E-state index contributed by atoms with van der Waals surface area (Å²) in [7, 11) is 0. The van der Waals surface area contributed by atoms with Gasteiger partial charge in [-0.2, -0.15) is 0 Å². The van der Waals surface area contributed by atoms with Crippen LogP contribution in [0.15, 0.2) is 0 Å². The van der Waals surface area contributed by atoms with E-state index in [0.717, 1.165) is 26.2 Å². The third kappa shape index (κ3) is 3.19. The molecule has 1 heterocycles. The van der Waals surface area contributed by atoms with E-state index in [1.165, 1.54) is 25.7 Å². The number of ether oxygens (including phenoxy) is 2. The van der Waals surface area contributed by atoms with E-state index in [1.807, 2.05) is 0 Å². The molecule has 0 aromatic carbocycles. The highest BCUT2D eigenvalue weighted by atomic mass is 16.5. The molecule has 16 heavy (non-hydrogen) atoms. The molecule has 1 saturated carbocycles. The predicted octanol–water partition coefficient (Wildman–Crippen LogP) is 2.05. The average molecular weight is 227 g/mol. The lowest BCUT2D eigenvalue weighted by Crippen LogP contribution is -2.53. The molecule has 0 bridgehead atoms. The van der Waals surface area contributed by atoms with Crippen molar-refractivity contribution in [1.29, 1.82) is 0 Å². The van der Waals surface area contributed by atoms with Gasteiger partial charge in [0.15, 0.2) is 0 Å². The summed E-state index contributed by atoms with van der Waals surface area (Å²) in [6.07, 6.45) is 6.25. The van der Waals surface area contributed by atoms with Crippen LogP contribution in [-0.4, -0.2) is 49.5 Å². The summed E-state index contributed by atoms with van der Waals surface area (Å²) in [6.45, 7) is 8.59. The third-order valence-electron chi connectivity index (χ3n) is 3.78. The van der Waals surface area contributed by atoms with Gasteiger partial charge in [0.2, 0.25) is 0 Å². The van der Waals surface area contributed by atoms with E-state index >= 15 is 0 Å². The van der Waals surface area contributed by atoms with E-state index in [9.17, 15) is 0 Å². The molecule has 3 heteroatoms. The minimum atomic E-state index is 0.499. The molecule has 1 aliphatic carbocycles. The van der Waals surface area contributed by atoms with Gasteiger partial charge in [-0.25, -0.2) is 0 Å². The molecule has 0 aromatic heterocycles. The molecular weight excluding hydrogens is 202 g/mol. The van der Waals surface area contributed by atoms with Crippen molar-refractivity contribution in [2.45, 2.75) is 57.8 Å². The highest BCUT2D eigenvalue weighted by Gasteiger charge is 2.30. The number of hydrogen-bond acceptors (Lipinski definition) is 3. The highest BCUT2D eigenvalue weighted by molar-refractivity contribution is 4.82. The van der Waals surface area contributed by atoms with Crippen molar-refractivity contribution in [2.24, 2.45) is 0 Å². The minimum Gasteiger partial charge on any atom is -0.379 e. The first-order chi connectivity index (χ1) is 7.81. The van der Waals surface area contributed by atoms with Crippen LogP contribution in [0.3, 0.4) is 0 Å². The Morgan fingerprint density at radius 3 is 2.12 bits per heavy atom. The fourth-order valence-electron chi connectivity index (χ4n) is 2.71. The van der Waals surface area contributed by atoms with E-state index in [4.69, 9.17) is 9.47 Å². The molecule has 3 nitrogen and oxygen atoms in total. The van der Waals surface area contributed by atoms with Crippen LogP contribution in [0.25, 0.3) is 0 Å². The topological polar surface area (TPSA) is 21.7 Å². The minimum absolute atomic E-state index is 0.499. The second kappa shape index (κ2) is 5.99. The van der Waals surface area contributed by atoms with Crippen molar-refractivity contribution >= 4 is 0 Å². The first-order valence-corrected chi connectivity index (χ1v) is 6.81. The molecule has 2 rings (SSSR count). The van der Waals surface area contributed by atoms with Gasteiger partial charge in [0.25, 0.3) is 0 Å². The molecule has 1 aliphatic heterocycles. The Hall–Kier alpha value is -0.120. The maximum atomic E-state index is 6.09. The molecule has 0 N–H and O–H groups in total. The zero-order valence-electron chi connectivity index (χ0n) is 10.7. The average Bonchev–Trinajstić information content (AvgIpc) is 2.25.